The third kappa shape index (κ3) is 22.3. The number of ketones is 2. The first-order valence-electron chi connectivity index (χ1n) is 63.9. The lowest BCUT2D eigenvalue weighted by Crippen LogP contribution is -2.55. The summed E-state index contributed by atoms with van der Waals surface area (Å²) in [6.45, 7) is 53.6. The van der Waals surface area contributed by atoms with E-state index in [1.165, 1.54) is 196 Å². The fraction of sp³-hybridized carbons (Fsp3) is 0.870. The van der Waals surface area contributed by atoms with Gasteiger partial charge in [-0.25, -0.2) is 0 Å². The van der Waals surface area contributed by atoms with Crippen LogP contribution in [0.1, 0.15) is 505 Å². The molecule has 9 N–H and O–H groups in total. The first-order valence-corrected chi connectivity index (χ1v) is 63.9. The van der Waals surface area contributed by atoms with Gasteiger partial charge >= 0.3 is 0 Å². The second kappa shape index (κ2) is 44.8. The van der Waals surface area contributed by atoms with Crippen LogP contribution < -0.4 is 0 Å². The molecule has 1 aromatic rings. The van der Waals surface area contributed by atoms with Gasteiger partial charge in [-0.2, -0.15) is 0 Å². The van der Waals surface area contributed by atoms with Crippen molar-refractivity contribution in [3.8, 4) is 0 Å². The van der Waals surface area contributed by atoms with E-state index >= 15 is 0 Å². The summed E-state index contributed by atoms with van der Waals surface area (Å²) >= 11 is 0. The van der Waals surface area contributed by atoms with Crippen LogP contribution in [0, 0.1) is 196 Å². The van der Waals surface area contributed by atoms with Gasteiger partial charge in [0.1, 0.15) is 5.78 Å². The molecule has 12 unspecified atom stereocenters. The highest BCUT2D eigenvalue weighted by molar-refractivity contribution is 5.91. The SMILES string of the molecule is CC(C)CCC[C@](C)(O)C1CCC2C3CC=C4CC(=O)CC[C@]4(C)C3CC[C@@]21C.CC(C)CCC[C@](C)(O)C1CCC2C3CC=C4C[C@H](O)CC[C@]4(C)C3CC[C@@]21C.CC(C)CCC[C@](C)(O)C1CCC2C3CCC4=CC(=O)CC[C@]4(C)C3CC[C@@]21C.CC(C)CC[C@@H](O)[C@](C)(O)[C@H]1CC[C@H]2[C@@H]3CC=C4C[C@@H](O)CC[C@]4(C)[C@H]3CC[C@]12C.C[C@]12CC[C@H]3[C@@H](CC=C4C[C@@H](O)CC[C@@]43C)[C@@H]1CC[C@@H]2[C@@](C)(O)CCCc1ccccc1. The summed E-state index contributed by atoms with van der Waals surface area (Å²) in [5, 5.41) is 99.6. The molecule has 0 spiro atoms. The van der Waals surface area contributed by atoms with Crippen molar-refractivity contribution < 1.29 is 55.5 Å². The number of rotatable bonds is 25. The Labute approximate surface area is 910 Å². The van der Waals surface area contributed by atoms with Gasteiger partial charge < -0.3 is 46.0 Å². The Balaban J connectivity index is 0.000000127. The Hall–Kier alpha value is -3.10. The average molecular weight is 2060 g/mol. The Kier molecular flexibility index (Phi) is 35.1. The summed E-state index contributed by atoms with van der Waals surface area (Å²) in [5.74, 6) is 16.7. The minimum absolute atomic E-state index is 0.114. The van der Waals surface area contributed by atoms with Gasteiger partial charge in [-0.1, -0.05) is 246 Å². The highest BCUT2D eigenvalue weighted by atomic mass is 16.3. The summed E-state index contributed by atoms with van der Waals surface area (Å²) < 4.78 is 0. The molecule has 11 heteroatoms. The van der Waals surface area contributed by atoms with Gasteiger partial charge in [0.05, 0.1) is 52.4 Å². The third-order valence-corrected chi connectivity index (χ3v) is 51.9. The fourth-order valence-electron chi connectivity index (χ4n) is 43.6. The lowest BCUT2D eigenvalue weighted by Gasteiger charge is -2.59. The van der Waals surface area contributed by atoms with Gasteiger partial charge in [-0.05, 0) is 531 Å². The lowest BCUT2D eigenvalue weighted by molar-refractivity contribution is -0.151. The molecule has 0 radical (unpaired) electrons. The molecule has 0 saturated heterocycles. The highest BCUT2D eigenvalue weighted by Crippen LogP contribution is 2.76. The molecular formula is C138H224O11. The van der Waals surface area contributed by atoms with Crippen LogP contribution in [0.15, 0.2) is 88.6 Å². The van der Waals surface area contributed by atoms with Gasteiger partial charge in [-0.15, -0.1) is 0 Å². The predicted octanol–water partition coefficient (Wildman–Crippen LogP) is 32.1. The zero-order chi connectivity index (χ0) is 108. The van der Waals surface area contributed by atoms with Crippen LogP contribution >= 0.6 is 0 Å². The number of carbonyl (C=O) groups excluding carboxylic acids is 2. The second-order valence-corrected chi connectivity index (χ2v) is 62.1. The third-order valence-electron chi connectivity index (χ3n) is 51.9. The van der Waals surface area contributed by atoms with Crippen LogP contribution in [0.5, 0.6) is 0 Å². The van der Waals surface area contributed by atoms with E-state index in [9.17, 15) is 55.5 Å². The van der Waals surface area contributed by atoms with E-state index in [-0.39, 0.29) is 56.7 Å². The molecule has 20 aliphatic rings. The summed E-state index contributed by atoms with van der Waals surface area (Å²) in [5.41, 5.74) is 8.53. The van der Waals surface area contributed by atoms with Crippen molar-refractivity contribution >= 4 is 11.6 Å². The standard InChI is InChI=1S/C30H44O2.C27H46O3.C27H46O2.2C27H44O2/c1-28-18-15-23(31)20-22(28)11-12-24-25-13-14-27(29(25,2)19-16-26(24)28)30(3,32)17-7-10-21-8-5-4-6-9-21;1-17(2)6-11-24(29)27(5,30)23-10-9-21-20-8-7-18-16-19(28)12-14-25(18,3)22(20)13-15-26(21,23)4;3*1-18(2)7-6-14-27(5,29)24-11-10-22-21-9-8-19-17-20(28)12-15-25(19,3)23(21)13-16-26(22,24)4/h4-6,8-9,11,23-27,31-32H,7,10,12-20H2,1-3H3;7,17,19-24,28-30H,6,8-16H2,1-5H3;8,18,20-24,28-29H,6-7,9-17H2,1-5H3;17-18,21-24,29H,6-16H2,1-5H3;8,18,21-24,29H,6-7,9-17H2,1-5H3/t23-,24-,25-,26-,27-,28-,29-,30-;19-,20-,21-,22-,23-,24+,25-,26-,27+;20-,21?,22?,23?,24?,25+,26+,27+;2*21?,22?,23?,24?,25-,26-,27-/m00100/s1. The number of aliphatic hydroxyl groups excluding tert-OH is 4. The molecule has 0 aromatic heterocycles. The number of hydrogen-bond acceptors (Lipinski definition) is 11. The molecule has 0 aliphatic heterocycles. The van der Waals surface area contributed by atoms with Gasteiger partial charge in [0.25, 0.3) is 0 Å². The van der Waals surface area contributed by atoms with E-state index in [4.69, 9.17) is 0 Å². The molecule has 0 heterocycles. The summed E-state index contributed by atoms with van der Waals surface area (Å²) in [4.78, 5) is 24.1. The first-order chi connectivity index (χ1) is 70.0. The Morgan fingerprint density at radius 3 is 0.966 bits per heavy atom. The first kappa shape index (κ1) is 117. The maximum absolute atomic E-state index is 12.1. The maximum Gasteiger partial charge on any atom is 0.155 e. The van der Waals surface area contributed by atoms with E-state index in [0.29, 0.717) is 81.1 Å². The van der Waals surface area contributed by atoms with Crippen molar-refractivity contribution in [1.29, 1.82) is 0 Å². The summed E-state index contributed by atoms with van der Waals surface area (Å²) in [6, 6.07) is 10.7. The van der Waals surface area contributed by atoms with Crippen molar-refractivity contribution in [2.24, 2.45) is 196 Å². The largest absolute Gasteiger partial charge is 0.393 e. The van der Waals surface area contributed by atoms with Crippen molar-refractivity contribution in [3.05, 3.63) is 94.1 Å². The molecular weight excluding hydrogens is 1830 g/mol. The zero-order valence-corrected chi connectivity index (χ0v) is 99.5. The zero-order valence-electron chi connectivity index (χ0n) is 99.5. The van der Waals surface area contributed by atoms with Gasteiger partial charge in [-0.3, -0.25) is 9.59 Å². The van der Waals surface area contributed by atoms with E-state index in [1.54, 1.807) is 11.1 Å². The minimum atomic E-state index is -1.00. The van der Waals surface area contributed by atoms with Crippen LogP contribution in [0.3, 0.4) is 0 Å². The second-order valence-electron chi connectivity index (χ2n) is 62.1. The monoisotopic (exact) mass is 2060 g/mol. The van der Waals surface area contributed by atoms with E-state index < -0.39 is 34.1 Å². The van der Waals surface area contributed by atoms with E-state index in [0.717, 1.165) is 262 Å². The molecule has 0 amide bonds. The topological polar surface area (TPSA) is 216 Å². The number of aryl methyl sites for hydroxylation is 1. The maximum atomic E-state index is 12.1. The van der Waals surface area contributed by atoms with Crippen LogP contribution in [-0.4, -0.2) is 110 Å². The molecule has 1 aromatic carbocycles. The number of benzene rings is 1. The van der Waals surface area contributed by atoms with Crippen molar-refractivity contribution in [1.82, 2.24) is 0 Å². The molecule has 11 nitrogen and oxygen atoms in total. The van der Waals surface area contributed by atoms with Crippen LogP contribution in [0.4, 0.5) is 0 Å². The number of aliphatic hydroxyl groups is 9. The molecule has 149 heavy (non-hydrogen) atoms. The summed E-state index contributed by atoms with van der Waals surface area (Å²) in [7, 11) is 0. The Morgan fingerprint density at radius 1 is 0.309 bits per heavy atom. The summed E-state index contributed by atoms with van der Waals surface area (Å²) in [6.07, 6.45) is 71.2. The molecule has 0 bridgehead atoms. The number of fused-ring (bicyclic) bond motifs is 25. The van der Waals surface area contributed by atoms with Crippen LogP contribution in [0.25, 0.3) is 0 Å². The number of allylic oxidation sites excluding steroid dienone is 6. The van der Waals surface area contributed by atoms with Crippen molar-refractivity contribution in [2.45, 2.75) is 558 Å². The number of hydrogen-bond donors (Lipinski definition) is 9. The Bertz CT molecular complexity index is 4880. The molecule has 842 valence electrons. The van der Waals surface area contributed by atoms with Crippen LogP contribution in [-0.2, 0) is 16.0 Å². The quantitative estimate of drug-likeness (QED) is 0.0420. The minimum Gasteiger partial charge on any atom is -0.393 e. The highest BCUT2D eigenvalue weighted by Gasteiger charge is 2.69. The number of carbonyl (C=O) groups is 2. The smallest absolute Gasteiger partial charge is 0.155 e. The molecule has 39 atom stereocenters. The average Bonchev–Trinajstić information content (AvgIpc) is 1.76. The lowest BCUT2D eigenvalue weighted by atomic mass is 9.46. The molecule has 20 aliphatic carbocycles. The van der Waals surface area contributed by atoms with E-state index in [1.807, 2.05) is 13.0 Å². The molecule has 15 saturated carbocycles. The normalized spacial score (nSPS) is 44.7. The van der Waals surface area contributed by atoms with Gasteiger partial charge in [0, 0.05) is 19.3 Å². The van der Waals surface area contributed by atoms with Crippen molar-refractivity contribution in [2.75, 3.05) is 0 Å². The molecule has 21 rings (SSSR count). The van der Waals surface area contributed by atoms with Gasteiger partial charge in [0.15, 0.2) is 5.78 Å². The molecule has 15 fully saturated rings. The Morgan fingerprint density at radius 2 is 0.611 bits per heavy atom. The van der Waals surface area contributed by atoms with E-state index in [2.05, 4.69) is 207 Å². The fourth-order valence-corrected chi connectivity index (χ4v) is 43.6. The van der Waals surface area contributed by atoms with Crippen LogP contribution in [0.2, 0.25) is 0 Å². The van der Waals surface area contributed by atoms with Gasteiger partial charge in [0.2, 0.25) is 0 Å². The van der Waals surface area contributed by atoms with Crippen molar-refractivity contribution in [3.63, 3.8) is 0 Å². The number of Topliss-reactive ketones (excluding diaryl/α,β-unsaturated/α-hetero) is 1. The predicted molar refractivity (Wildman–Crippen MR) is 613 cm³/mol.